The first-order valence-corrected chi connectivity index (χ1v) is 7.29. The summed E-state index contributed by atoms with van der Waals surface area (Å²) in [5.41, 5.74) is 7.65. The summed E-state index contributed by atoms with van der Waals surface area (Å²) in [6.45, 7) is 1.43. The fourth-order valence-corrected chi connectivity index (χ4v) is 2.63. The minimum absolute atomic E-state index is 0.189. The van der Waals surface area contributed by atoms with Crippen molar-refractivity contribution in [2.24, 2.45) is 0 Å². The van der Waals surface area contributed by atoms with Crippen molar-refractivity contribution in [3.63, 3.8) is 0 Å². The van der Waals surface area contributed by atoms with Crippen molar-refractivity contribution in [2.45, 2.75) is 25.4 Å². The van der Waals surface area contributed by atoms with Gasteiger partial charge in [0.05, 0.1) is 11.6 Å². The van der Waals surface area contributed by atoms with Crippen LogP contribution >= 0.6 is 0 Å². The second-order valence-corrected chi connectivity index (χ2v) is 5.29. The van der Waals surface area contributed by atoms with Gasteiger partial charge in [0.15, 0.2) is 0 Å². The lowest BCUT2D eigenvalue weighted by Gasteiger charge is -2.10. The highest BCUT2D eigenvalue weighted by atomic mass is 16.5. The maximum atomic E-state index is 12.1. The van der Waals surface area contributed by atoms with Gasteiger partial charge in [0.2, 0.25) is 0 Å². The number of nitrogens with two attached hydrogens (primary N) is 1. The van der Waals surface area contributed by atoms with Crippen LogP contribution in [0.1, 0.15) is 29.8 Å². The largest absolute Gasteiger partial charge is 0.398 e. The summed E-state index contributed by atoms with van der Waals surface area (Å²) >= 11 is 0. The van der Waals surface area contributed by atoms with E-state index in [9.17, 15) is 4.79 Å². The number of hydrogen-bond acceptors (Lipinski definition) is 4. The molecule has 1 aliphatic heterocycles. The molecular formula is C16H19N3O2. The second-order valence-electron chi connectivity index (χ2n) is 5.29. The minimum Gasteiger partial charge on any atom is -0.398 e. The van der Waals surface area contributed by atoms with Crippen molar-refractivity contribution < 1.29 is 9.53 Å². The Morgan fingerprint density at radius 1 is 1.43 bits per heavy atom. The van der Waals surface area contributed by atoms with Gasteiger partial charge < -0.3 is 15.8 Å². The molecule has 110 valence electrons. The molecule has 2 heterocycles. The Hall–Kier alpha value is -2.14. The summed E-state index contributed by atoms with van der Waals surface area (Å²) in [5.74, 6) is -0.189. The SMILES string of the molecule is Nc1cc(C(=O)NCCC2CCCO2)nc2ccccc12. The molecule has 5 heteroatoms. The third-order valence-electron chi connectivity index (χ3n) is 3.76. The molecule has 1 unspecified atom stereocenters. The van der Waals surface area contributed by atoms with E-state index in [0.717, 1.165) is 36.8 Å². The van der Waals surface area contributed by atoms with Crippen LogP contribution in [-0.4, -0.2) is 30.1 Å². The third kappa shape index (κ3) is 3.13. The Kier molecular flexibility index (Phi) is 4.01. The predicted octanol–water partition coefficient (Wildman–Crippen LogP) is 2.12. The molecule has 1 atom stereocenters. The number of nitrogens with one attached hydrogen (secondary N) is 1. The molecule has 0 saturated carbocycles. The van der Waals surface area contributed by atoms with E-state index in [1.807, 2.05) is 24.3 Å². The van der Waals surface area contributed by atoms with Gasteiger partial charge in [-0.2, -0.15) is 0 Å². The lowest BCUT2D eigenvalue weighted by Crippen LogP contribution is -2.27. The molecule has 0 radical (unpaired) electrons. The van der Waals surface area contributed by atoms with Crippen molar-refractivity contribution >= 4 is 22.5 Å². The smallest absolute Gasteiger partial charge is 0.269 e. The van der Waals surface area contributed by atoms with Gasteiger partial charge in [-0.25, -0.2) is 4.98 Å². The molecule has 21 heavy (non-hydrogen) atoms. The molecular weight excluding hydrogens is 266 g/mol. The van der Waals surface area contributed by atoms with Gasteiger partial charge in [-0.1, -0.05) is 18.2 Å². The molecule has 3 N–H and O–H groups in total. The number of carbonyl (C=O) groups excluding carboxylic acids is 1. The van der Waals surface area contributed by atoms with Crippen molar-refractivity contribution in [1.82, 2.24) is 10.3 Å². The molecule has 1 amide bonds. The van der Waals surface area contributed by atoms with Crippen molar-refractivity contribution in [3.05, 3.63) is 36.0 Å². The first-order chi connectivity index (χ1) is 10.2. The van der Waals surface area contributed by atoms with Gasteiger partial charge in [-0.15, -0.1) is 0 Å². The Morgan fingerprint density at radius 3 is 3.10 bits per heavy atom. The molecule has 2 aromatic rings. The number of amides is 1. The van der Waals surface area contributed by atoms with Crippen LogP contribution in [0.4, 0.5) is 5.69 Å². The molecule has 5 nitrogen and oxygen atoms in total. The Bertz CT molecular complexity index is 651. The van der Waals surface area contributed by atoms with Crippen molar-refractivity contribution in [2.75, 3.05) is 18.9 Å². The van der Waals surface area contributed by atoms with Gasteiger partial charge in [0.25, 0.3) is 5.91 Å². The zero-order valence-electron chi connectivity index (χ0n) is 11.8. The molecule has 0 spiro atoms. The van der Waals surface area contributed by atoms with Crippen LogP contribution in [0.3, 0.4) is 0 Å². The second kappa shape index (κ2) is 6.10. The number of hydrogen-bond donors (Lipinski definition) is 2. The zero-order chi connectivity index (χ0) is 14.7. The third-order valence-corrected chi connectivity index (χ3v) is 3.76. The van der Waals surface area contributed by atoms with Crippen LogP contribution in [0.15, 0.2) is 30.3 Å². The molecule has 1 aliphatic rings. The molecule has 1 saturated heterocycles. The van der Waals surface area contributed by atoms with Crippen LogP contribution < -0.4 is 11.1 Å². The standard InChI is InChI=1S/C16H19N3O2/c17-13-10-15(19-14-6-2-1-5-12(13)14)16(20)18-8-7-11-4-3-9-21-11/h1-2,5-6,10-11H,3-4,7-9H2,(H2,17,19)(H,18,20). The Balaban J connectivity index is 1.66. The normalized spacial score (nSPS) is 18.0. The number of carbonyl (C=O) groups is 1. The lowest BCUT2D eigenvalue weighted by molar-refractivity contribution is 0.0903. The Labute approximate surface area is 123 Å². The quantitative estimate of drug-likeness (QED) is 0.902. The molecule has 1 fully saturated rings. The number of aromatic nitrogens is 1. The molecule has 0 aliphatic carbocycles. The first-order valence-electron chi connectivity index (χ1n) is 7.29. The van der Waals surface area contributed by atoms with E-state index in [1.165, 1.54) is 0 Å². The molecule has 0 bridgehead atoms. The Morgan fingerprint density at radius 2 is 2.29 bits per heavy atom. The van der Waals surface area contributed by atoms with E-state index in [1.54, 1.807) is 6.07 Å². The fraction of sp³-hybridized carbons (Fsp3) is 0.375. The summed E-state index contributed by atoms with van der Waals surface area (Å²) in [6, 6.07) is 9.17. The number of pyridine rings is 1. The highest BCUT2D eigenvalue weighted by Crippen LogP contribution is 2.20. The van der Waals surface area contributed by atoms with Crippen molar-refractivity contribution in [3.8, 4) is 0 Å². The van der Waals surface area contributed by atoms with E-state index < -0.39 is 0 Å². The average molecular weight is 285 g/mol. The predicted molar refractivity (Wildman–Crippen MR) is 82.1 cm³/mol. The van der Waals surface area contributed by atoms with E-state index >= 15 is 0 Å². The van der Waals surface area contributed by atoms with Gasteiger partial charge >= 0.3 is 0 Å². The number of anilines is 1. The number of rotatable bonds is 4. The van der Waals surface area contributed by atoms with Crippen molar-refractivity contribution in [1.29, 1.82) is 0 Å². The molecule has 1 aromatic carbocycles. The summed E-state index contributed by atoms with van der Waals surface area (Å²) in [5, 5.41) is 3.75. The molecule has 3 rings (SSSR count). The summed E-state index contributed by atoms with van der Waals surface area (Å²) < 4.78 is 5.53. The van der Waals surface area contributed by atoms with Crippen LogP contribution in [0.5, 0.6) is 0 Å². The highest BCUT2D eigenvalue weighted by Gasteiger charge is 2.16. The van der Waals surface area contributed by atoms with Crippen LogP contribution in [-0.2, 0) is 4.74 Å². The number of benzene rings is 1. The lowest BCUT2D eigenvalue weighted by atomic mass is 10.1. The first kappa shape index (κ1) is 13.8. The van der Waals surface area contributed by atoms with Crippen LogP contribution in [0.25, 0.3) is 10.9 Å². The van der Waals surface area contributed by atoms with Gasteiger partial charge in [-0.3, -0.25) is 4.79 Å². The number of ether oxygens (including phenoxy) is 1. The minimum atomic E-state index is -0.189. The zero-order valence-corrected chi connectivity index (χ0v) is 11.8. The fourth-order valence-electron chi connectivity index (χ4n) is 2.63. The molecule has 1 aromatic heterocycles. The van der Waals surface area contributed by atoms with Crippen LogP contribution in [0.2, 0.25) is 0 Å². The summed E-state index contributed by atoms with van der Waals surface area (Å²) in [4.78, 5) is 16.5. The maximum Gasteiger partial charge on any atom is 0.269 e. The highest BCUT2D eigenvalue weighted by molar-refractivity contribution is 5.99. The van der Waals surface area contributed by atoms with E-state index in [0.29, 0.717) is 17.9 Å². The van der Waals surface area contributed by atoms with Gasteiger partial charge in [0, 0.05) is 24.2 Å². The number of nitrogen functional groups attached to an aromatic ring is 1. The average Bonchev–Trinajstić information content (AvgIpc) is 3.00. The number of nitrogens with zero attached hydrogens (tertiary/aromatic N) is 1. The number of para-hydroxylation sites is 1. The maximum absolute atomic E-state index is 12.1. The topological polar surface area (TPSA) is 77.2 Å². The van der Waals surface area contributed by atoms with E-state index in [4.69, 9.17) is 10.5 Å². The summed E-state index contributed by atoms with van der Waals surface area (Å²) in [7, 11) is 0. The van der Waals surface area contributed by atoms with Gasteiger partial charge in [-0.05, 0) is 31.4 Å². The summed E-state index contributed by atoms with van der Waals surface area (Å²) in [6.07, 6.45) is 3.31. The van der Waals surface area contributed by atoms with E-state index in [-0.39, 0.29) is 12.0 Å². The van der Waals surface area contributed by atoms with Crippen LogP contribution in [0, 0.1) is 0 Å². The van der Waals surface area contributed by atoms with E-state index in [2.05, 4.69) is 10.3 Å². The monoisotopic (exact) mass is 285 g/mol. The van der Waals surface area contributed by atoms with Gasteiger partial charge in [0.1, 0.15) is 5.69 Å². The number of fused-ring (bicyclic) bond motifs is 1.